The average molecular weight is 508 g/mol. The summed E-state index contributed by atoms with van der Waals surface area (Å²) in [5, 5.41) is 16.5. The lowest BCUT2D eigenvalue weighted by atomic mass is 10.0. The number of tetrazole rings is 1. The minimum atomic E-state index is -0.0816. The number of thiazole rings is 1. The molecule has 4 aromatic rings. The number of hydrogen-bond donors (Lipinski definition) is 1. The maximum absolute atomic E-state index is 12.7. The Morgan fingerprint density at radius 1 is 1.14 bits per heavy atom. The fourth-order valence-electron chi connectivity index (χ4n) is 4.45. The third-order valence-electron chi connectivity index (χ3n) is 6.01. The molecule has 1 atom stereocenters. The lowest BCUT2D eigenvalue weighted by molar-refractivity contribution is -0.115. The van der Waals surface area contributed by atoms with Crippen molar-refractivity contribution in [2.24, 2.45) is 13.0 Å². The van der Waals surface area contributed by atoms with Crippen molar-refractivity contribution < 1.29 is 4.79 Å². The molecule has 2 aromatic heterocycles. The van der Waals surface area contributed by atoms with Crippen LogP contribution in [0.25, 0.3) is 11.4 Å². The van der Waals surface area contributed by atoms with Crippen LogP contribution in [0.3, 0.4) is 0 Å². The summed E-state index contributed by atoms with van der Waals surface area (Å²) < 4.78 is 0. The Morgan fingerprint density at radius 3 is 2.51 bits per heavy atom. The topological polar surface area (TPSA) is 88.8 Å². The quantitative estimate of drug-likeness (QED) is 0.383. The van der Waals surface area contributed by atoms with Crippen LogP contribution >= 0.6 is 22.9 Å². The first-order chi connectivity index (χ1) is 16.9. The molecule has 0 saturated carbocycles. The summed E-state index contributed by atoms with van der Waals surface area (Å²) in [6.45, 7) is 6.09. The van der Waals surface area contributed by atoms with Gasteiger partial charge in [0, 0.05) is 28.6 Å². The summed E-state index contributed by atoms with van der Waals surface area (Å²) in [4.78, 5) is 22.6. The van der Waals surface area contributed by atoms with Gasteiger partial charge in [-0.15, -0.1) is 21.5 Å². The number of carbonyl (C=O) groups excluding carboxylic acids is 1. The number of aryl methyl sites for hydroxylation is 1. The number of nitrogens with zero attached hydrogens (tertiary/aromatic N) is 6. The van der Waals surface area contributed by atoms with Gasteiger partial charge in [0.15, 0.2) is 5.13 Å². The van der Waals surface area contributed by atoms with E-state index in [0.717, 1.165) is 34.9 Å². The Labute approximate surface area is 212 Å². The number of rotatable bonds is 7. The second-order valence-electron chi connectivity index (χ2n) is 9.07. The molecule has 0 spiro atoms. The molecule has 0 radical (unpaired) electrons. The fraction of sp³-hybridized carbons (Fsp3) is 0.320. The minimum absolute atomic E-state index is 0.0816. The second kappa shape index (κ2) is 9.85. The van der Waals surface area contributed by atoms with Gasteiger partial charge < -0.3 is 5.32 Å². The minimum Gasteiger partial charge on any atom is -0.302 e. The van der Waals surface area contributed by atoms with E-state index in [9.17, 15) is 4.79 Å². The molecule has 0 saturated heterocycles. The normalized spacial score (nSPS) is 15.5. The van der Waals surface area contributed by atoms with Gasteiger partial charge in [-0.1, -0.05) is 61.8 Å². The van der Waals surface area contributed by atoms with Crippen molar-refractivity contribution in [3.05, 3.63) is 75.3 Å². The number of aromatic nitrogens is 5. The molecule has 0 bridgehead atoms. The van der Waals surface area contributed by atoms with Gasteiger partial charge in [-0.3, -0.25) is 9.69 Å². The molecule has 1 amide bonds. The van der Waals surface area contributed by atoms with E-state index in [-0.39, 0.29) is 18.4 Å². The molecule has 8 nitrogen and oxygen atoms in total. The lowest BCUT2D eigenvalue weighted by Crippen LogP contribution is -2.26. The summed E-state index contributed by atoms with van der Waals surface area (Å²) in [6.07, 6.45) is 0.273. The van der Waals surface area contributed by atoms with Gasteiger partial charge in [0.1, 0.15) is 0 Å². The van der Waals surface area contributed by atoms with Gasteiger partial charge in [0.25, 0.3) is 0 Å². The molecule has 0 aliphatic carbocycles. The maximum atomic E-state index is 12.7. The zero-order valence-corrected chi connectivity index (χ0v) is 21.3. The van der Waals surface area contributed by atoms with Crippen molar-refractivity contribution in [3.63, 3.8) is 0 Å². The molecule has 5 rings (SSSR count). The summed E-state index contributed by atoms with van der Waals surface area (Å²) in [6, 6.07) is 15.8. The summed E-state index contributed by atoms with van der Waals surface area (Å²) in [7, 11) is 1.73. The van der Waals surface area contributed by atoms with E-state index in [0.29, 0.717) is 16.9 Å². The number of fused-ring (bicyclic) bond motifs is 1. The molecule has 0 fully saturated rings. The standard InChI is InChI=1S/C25H26ClN7OS/c1-15(2)23-22-20(14-33(23)13-17-6-10-19(26)11-7-17)35-25(28-22)27-21(34)12-16-4-8-18(9-5-16)24-29-31-32(3)30-24/h4-11,15,23H,12-14H2,1-3H3,(H,27,28,34). The zero-order valence-electron chi connectivity index (χ0n) is 19.8. The Bertz CT molecular complexity index is 1330. The molecule has 1 aliphatic heterocycles. The number of anilines is 1. The molecule has 35 heavy (non-hydrogen) atoms. The second-order valence-corrected chi connectivity index (χ2v) is 10.6. The number of benzene rings is 2. The largest absolute Gasteiger partial charge is 0.302 e. The van der Waals surface area contributed by atoms with Crippen molar-refractivity contribution in [1.82, 2.24) is 30.1 Å². The van der Waals surface area contributed by atoms with E-state index in [1.807, 2.05) is 36.4 Å². The molecule has 1 unspecified atom stereocenters. The molecule has 2 aromatic carbocycles. The predicted molar refractivity (Wildman–Crippen MR) is 137 cm³/mol. The highest BCUT2D eigenvalue weighted by Crippen LogP contribution is 2.43. The van der Waals surface area contributed by atoms with Crippen LogP contribution in [0, 0.1) is 5.92 Å². The third kappa shape index (κ3) is 5.27. The van der Waals surface area contributed by atoms with E-state index >= 15 is 0 Å². The van der Waals surface area contributed by atoms with Crippen LogP contribution in [0.15, 0.2) is 48.5 Å². The van der Waals surface area contributed by atoms with Crippen molar-refractivity contribution >= 4 is 34.0 Å². The first kappa shape index (κ1) is 23.6. The number of carbonyl (C=O) groups is 1. The average Bonchev–Trinajstić information content (AvgIpc) is 3.49. The van der Waals surface area contributed by atoms with Crippen LogP contribution in [0.1, 0.15) is 41.6 Å². The highest BCUT2D eigenvalue weighted by Gasteiger charge is 2.36. The van der Waals surface area contributed by atoms with Crippen molar-refractivity contribution in [2.75, 3.05) is 5.32 Å². The van der Waals surface area contributed by atoms with Crippen LogP contribution in [0.2, 0.25) is 5.02 Å². The highest BCUT2D eigenvalue weighted by atomic mass is 35.5. The van der Waals surface area contributed by atoms with Gasteiger partial charge >= 0.3 is 0 Å². The molecule has 3 heterocycles. The maximum Gasteiger partial charge on any atom is 0.230 e. The molecule has 1 N–H and O–H groups in total. The van der Waals surface area contributed by atoms with E-state index in [1.54, 1.807) is 18.4 Å². The Hall–Kier alpha value is -3.14. The summed E-state index contributed by atoms with van der Waals surface area (Å²) >= 11 is 7.61. The predicted octanol–water partition coefficient (Wildman–Crippen LogP) is 4.88. The summed E-state index contributed by atoms with van der Waals surface area (Å²) in [5.74, 6) is 0.879. The lowest BCUT2D eigenvalue weighted by Gasteiger charge is -2.27. The Morgan fingerprint density at radius 2 is 1.86 bits per heavy atom. The molecule has 10 heteroatoms. The number of nitrogens with one attached hydrogen (secondary N) is 1. The van der Waals surface area contributed by atoms with Crippen LogP contribution in [0.4, 0.5) is 5.13 Å². The number of hydrogen-bond acceptors (Lipinski definition) is 7. The molecular weight excluding hydrogens is 482 g/mol. The first-order valence-corrected chi connectivity index (χ1v) is 12.7. The van der Waals surface area contributed by atoms with Gasteiger partial charge in [-0.05, 0) is 34.4 Å². The van der Waals surface area contributed by atoms with Crippen molar-refractivity contribution in [1.29, 1.82) is 0 Å². The van der Waals surface area contributed by atoms with Crippen LogP contribution in [-0.2, 0) is 31.4 Å². The van der Waals surface area contributed by atoms with Crippen LogP contribution < -0.4 is 5.32 Å². The number of amides is 1. The molecule has 180 valence electrons. The van der Waals surface area contributed by atoms with Crippen LogP contribution in [-0.4, -0.2) is 36.0 Å². The monoisotopic (exact) mass is 507 g/mol. The van der Waals surface area contributed by atoms with Gasteiger partial charge in [-0.25, -0.2) is 4.98 Å². The summed E-state index contributed by atoms with van der Waals surface area (Å²) in [5.41, 5.74) is 4.08. The smallest absolute Gasteiger partial charge is 0.230 e. The first-order valence-electron chi connectivity index (χ1n) is 11.5. The third-order valence-corrected chi connectivity index (χ3v) is 7.23. The molecular formula is C25H26ClN7OS. The Balaban J connectivity index is 1.23. The van der Waals surface area contributed by atoms with Gasteiger partial charge in [0.2, 0.25) is 11.7 Å². The van der Waals surface area contributed by atoms with Crippen molar-refractivity contribution in [2.45, 2.75) is 39.4 Å². The fourth-order valence-corrected chi connectivity index (χ4v) is 5.62. The SMILES string of the molecule is CC(C)C1c2nc(NC(=O)Cc3ccc(-c4nnn(C)n4)cc3)sc2CN1Cc1ccc(Cl)cc1. The van der Waals surface area contributed by atoms with Gasteiger partial charge in [0.05, 0.1) is 25.2 Å². The zero-order chi connectivity index (χ0) is 24.5. The van der Waals surface area contributed by atoms with E-state index in [2.05, 4.69) is 51.6 Å². The Kier molecular flexibility index (Phi) is 6.64. The van der Waals surface area contributed by atoms with E-state index in [1.165, 1.54) is 15.2 Å². The molecule has 1 aliphatic rings. The highest BCUT2D eigenvalue weighted by molar-refractivity contribution is 7.15. The number of halogens is 1. The van der Waals surface area contributed by atoms with E-state index in [4.69, 9.17) is 16.6 Å². The van der Waals surface area contributed by atoms with Gasteiger partial charge in [-0.2, -0.15) is 4.80 Å². The van der Waals surface area contributed by atoms with E-state index < -0.39 is 0 Å². The van der Waals surface area contributed by atoms with Crippen molar-refractivity contribution in [3.8, 4) is 11.4 Å². The van der Waals surface area contributed by atoms with Crippen LogP contribution in [0.5, 0.6) is 0 Å².